The highest BCUT2D eigenvalue weighted by molar-refractivity contribution is 5.98. The average Bonchev–Trinajstić information content (AvgIpc) is 3.62. The number of fused-ring (bicyclic) bond motifs is 1. The van der Waals surface area contributed by atoms with Crippen LogP contribution < -0.4 is 10.6 Å². The van der Waals surface area contributed by atoms with Gasteiger partial charge >= 0.3 is 0 Å². The van der Waals surface area contributed by atoms with E-state index >= 15 is 0 Å². The molecule has 5 heterocycles. The van der Waals surface area contributed by atoms with Crippen LogP contribution in [0.25, 0.3) is 16.8 Å². The van der Waals surface area contributed by atoms with Gasteiger partial charge in [-0.25, -0.2) is 9.37 Å². The molecule has 1 unspecified atom stereocenters. The van der Waals surface area contributed by atoms with E-state index in [4.69, 9.17) is 9.47 Å². The maximum atomic E-state index is 14.8. The molecule has 0 bridgehead atoms. The van der Waals surface area contributed by atoms with Crippen LogP contribution in [-0.4, -0.2) is 63.6 Å². The van der Waals surface area contributed by atoms with Crippen LogP contribution in [0.3, 0.4) is 0 Å². The third-order valence-electron chi connectivity index (χ3n) is 8.45. The van der Waals surface area contributed by atoms with E-state index in [1.165, 1.54) is 24.4 Å². The van der Waals surface area contributed by atoms with Gasteiger partial charge in [0.15, 0.2) is 5.78 Å². The molecule has 2 fully saturated rings. The topological polar surface area (TPSA) is 107 Å². The molecule has 0 radical (unpaired) electrons. The fourth-order valence-corrected chi connectivity index (χ4v) is 5.92. The SMILES string of the molecule is CC1(C)CCC(CNC(=O)c2ccc(F)c(CC(=O)c3cnc4cc(-c5cncc(CNC6CCOCC6)c5)ccn34)c2)O1. The molecule has 2 aliphatic rings. The van der Waals surface area contributed by atoms with E-state index < -0.39 is 5.82 Å². The molecule has 9 nitrogen and oxygen atoms in total. The number of ketones is 1. The van der Waals surface area contributed by atoms with Gasteiger partial charge in [0, 0.05) is 68.5 Å². The quantitative estimate of drug-likeness (QED) is 0.249. The van der Waals surface area contributed by atoms with Crippen molar-refractivity contribution in [2.24, 2.45) is 0 Å². The second kappa shape index (κ2) is 12.9. The zero-order chi connectivity index (χ0) is 30.7. The van der Waals surface area contributed by atoms with Crippen LogP contribution in [0.5, 0.6) is 0 Å². The van der Waals surface area contributed by atoms with Gasteiger partial charge in [0.1, 0.15) is 17.2 Å². The second-order valence-corrected chi connectivity index (χ2v) is 12.3. The Kier molecular flexibility index (Phi) is 8.83. The Morgan fingerprint density at radius 3 is 2.68 bits per heavy atom. The molecule has 4 aromatic rings. The smallest absolute Gasteiger partial charge is 0.251 e. The highest BCUT2D eigenvalue weighted by Gasteiger charge is 2.31. The van der Waals surface area contributed by atoms with Gasteiger partial charge in [-0.2, -0.15) is 0 Å². The van der Waals surface area contributed by atoms with Crippen LogP contribution in [-0.2, 0) is 22.4 Å². The Labute approximate surface area is 256 Å². The van der Waals surface area contributed by atoms with E-state index in [0.717, 1.165) is 62.1 Å². The number of carbonyl (C=O) groups is 2. The molecular weight excluding hydrogens is 561 g/mol. The number of carbonyl (C=O) groups excluding carboxylic acids is 2. The monoisotopic (exact) mass is 599 g/mol. The highest BCUT2D eigenvalue weighted by Crippen LogP contribution is 2.29. The van der Waals surface area contributed by atoms with Crippen molar-refractivity contribution in [1.82, 2.24) is 25.0 Å². The minimum absolute atomic E-state index is 0.0505. The highest BCUT2D eigenvalue weighted by atomic mass is 19.1. The fraction of sp³-hybridized carbons (Fsp3) is 0.412. The lowest BCUT2D eigenvalue weighted by Gasteiger charge is -2.23. The van der Waals surface area contributed by atoms with E-state index in [-0.39, 0.29) is 35.4 Å². The van der Waals surface area contributed by atoms with Gasteiger partial charge in [-0.15, -0.1) is 0 Å². The number of amides is 1. The Balaban J connectivity index is 1.11. The summed E-state index contributed by atoms with van der Waals surface area (Å²) in [6.07, 6.45) is 10.5. The standard InChI is InChI=1S/C34H38FN5O4/c1-34(2)9-5-28(44-34)20-39-33(42)24-3-4-29(35)25(14-24)15-31(41)30-21-38-32-16-23(6-10-40(30)32)26-13-22(17-36-19-26)18-37-27-7-11-43-12-8-27/h3-4,6,10,13-14,16-17,19,21,27-28,37H,5,7-9,11-12,15,18,20H2,1-2H3,(H,39,42). The lowest BCUT2D eigenvalue weighted by atomic mass is 10.0. The third-order valence-corrected chi connectivity index (χ3v) is 8.45. The second-order valence-electron chi connectivity index (χ2n) is 12.3. The molecule has 2 aliphatic heterocycles. The van der Waals surface area contributed by atoms with Crippen LogP contribution in [0, 0.1) is 5.82 Å². The van der Waals surface area contributed by atoms with Crippen molar-refractivity contribution in [1.29, 1.82) is 0 Å². The number of hydrogen-bond acceptors (Lipinski definition) is 7. The Morgan fingerprint density at radius 2 is 1.89 bits per heavy atom. The molecule has 0 aliphatic carbocycles. The van der Waals surface area contributed by atoms with Gasteiger partial charge in [0.25, 0.3) is 5.91 Å². The van der Waals surface area contributed by atoms with Crippen molar-refractivity contribution in [3.63, 3.8) is 0 Å². The van der Waals surface area contributed by atoms with Gasteiger partial charge in [-0.05, 0) is 92.6 Å². The molecule has 10 heteroatoms. The van der Waals surface area contributed by atoms with Gasteiger partial charge in [-0.1, -0.05) is 0 Å². The zero-order valence-electron chi connectivity index (χ0n) is 25.1. The van der Waals surface area contributed by atoms with Crippen molar-refractivity contribution < 1.29 is 23.5 Å². The Hall–Kier alpha value is -3.99. The predicted molar refractivity (Wildman–Crippen MR) is 164 cm³/mol. The number of pyridine rings is 2. The molecular formula is C34H38FN5O4. The van der Waals surface area contributed by atoms with Crippen molar-refractivity contribution in [2.75, 3.05) is 19.8 Å². The molecule has 44 heavy (non-hydrogen) atoms. The molecule has 0 saturated carbocycles. The minimum Gasteiger partial charge on any atom is -0.381 e. The fourth-order valence-electron chi connectivity index (χ4n) is 5.92. The lowest BCUT2D eigenvalue weighted by molar-refractivity contribution is -0.0138. The number of benzene rings is 1. The number of imidazole rings is 1. The van der Waals surface area contributed by atoms with Crippen molar-refractivity contribution in [2.45, 2.75) is 70.2 Å². The lowest BCUT2D eigenvalue weighted by Crippen LogP contribution is -2.34. The van der Waals surface area contributed by atoms with Crippen LogP contribution >= 0.6 is 0 Å². The third kappa shape index (κ3) is 7.04. The number of rotatable bonds is 10. The molecule has 1 aromatic carbocycles. The normalized spacial score (nSPS) is 18.5. The number of nitrogens with one attached hydrogen (secondary N) is 2. The predicted octanol–water partition coefficient (Wildman–Crippen LogP) is 4.92. The largest absolute Gasteiger partial charge is 0.381 e. The number of hydrogen-bond donors (Lipinski definition) is 2. The summed E-state index contributed by atoms with van der Waals surface area (Å²) >= 11 is 0. The van der Waals surface area contributed by atoms with Crippen LogP contribution in [0.4, 0.5) is 4.39 Å². The minimum atomic E-state index is -0.537. The summed E-state index contributed by atoms with van der Waals surface area (Å²) in [5, 5.41) is 6.46. The number of Topliss-reactive ketones (excluding diaryl/α,β-unsaturated/α-hetero) is 1. The molecule has 3 aromatic heterocycles. The first-order valence-corrected chi connectivity index (χ1v) is 15.2. The summed E-state index contributed by atoms with van der Waals surface area (Å²) in [4.78, 5) is 35.0. The Bertz CT molecular complexity index is 1660. The molecule has 1 atom stereocenters. The number of aromatic nitrogens is 3. The van der Waals surface area contributed by atoms with Gasteiger partial charge in [0.05, 0.1) is 17.9 Å². The van der Waals surface area contributed by atoms with Crippen molar-refractivity contribution >= 4 is 17.3 Å². The maximum Gasteiger partial charge on any atom is 0.251 e. The summed E-state index contributed by atoms with van der Waals surface area (Å²) in [5.41, 5.74) is 4.17. The van der Waals surface area contributed by atoms with Crippen molar-refractivity contribution in [3.8, 4) is 11.1 Å². The number of ether oxygens (including phenoxy) is 2. The van der Waals surface area contributed by atoms with E-state index in [0.29, 0.717) is 29.5 Å². The molecule has 2 saturated heterocycles. The average molecular weight is 600 g/mol. The summed E-state index contributed by atoms with van der Waals surface area (Å²) < 4.78 is 27.8. The molecule has 6 rings (SSSR count). The molecule has 0 spiro atoms. The van der Waals surface area contributed by atoms with Gasteiger partial charge in [-0.3, -0.25) is 19.0 Å². The summed E-state index contributed by atoms with van der Waals surface area (Å²) in [5.74, 6) is -1.16. The summed E-state index contributed by atoms with van der Waals surface area (Å²) in [6, 6.07) is 10.5. The van der Waals surface area contributed by atoms with Crippen LogP contribution in [0.1, 0.15) is 71.5 Å². The van der Waals surface area contributed by atoms with E-state index in [9.17, 15) is 14.0 Å². The first kappa shape index (κ1) is 30.1. The van der Waals surface area contributed by atoms with Crippen LogP contribution in [0.2, 0.25) is 0 Å². The van der Waals surface area contributed by atoms with Crippen molar-refractivity contribution in [3.05, 3.63) is 89.4 Å². The zero-order valence-corrected chi connectivity index (χ0v) is 25.1. The first-order valence-electron chi connectivity index (χ1n) is 15.2. The summed E-state index contributed by atoms with van der Waals surface area (Å²) in [7, 11) is 0. The molecule has 2 N–H and O–H groups in total. The Morgan fingerprint density at radius 1 is 1.05 bits per heavy atom. The first-order chi connectivity index (χ1) is 21.2. The molecule has 230 valence electrons. The van der Waals surface area contributed by atoms with E-state index in [2.05, 4.69) is 26.7 Å². The summed E-state index contributed by atoms with van der Waals surface area (Å²) in [6.45, 7) is 6.75. The van der Waals surface area contributed by atoms with Gasteiger partial charge in [0.2, 0.25) is 0 Å². The van der Waals surface area contributed by atoms with Gasteiger partial charge < -0.3 is 20.1 Å². The maximum absolute atomic E-state index is 14.8. The van der Waals surface area contributed by atoms with Crippen LogP contribution in [0.15, 0.2) is 61.2 Å². The number of halogens is 1. The van der Waals surface area contributed by atoms with E-state index in [1.807, 2.05) is 38.4 Å². The van der Waals surface area contributed by atoms with E-state index in [1.54, 1.807) is 10.6 Å². The molecule has 1 amide bonds. The number of nitrogens with zero attached hydrogens (tertiary/aromatic N) is 3.